The van der Waals surface area contributed by atoms with Gasteiger partial charge in [-0.25, -0.2) is 4.98 Å². The van der Waals surface area contributed by atoms with E-state index in [2.05, 4.69) is 10.3 Å². The van der Waals surface area contributed by atoms with Gasteiger partial charge in [0.25, 0.3) is 11.5 Å². The third-order valence-electron chi connectivity index (χ3n) is 5.08. The third kappa shape index (κ3) is 4.19. The quantitative estimate of drug-likeness (QED) is 0.529. The van der Waals surface area contributed by atoms with Crippen LogP contribution in [-0.4, -0.2) is 22.1 Å². The Balaban J connectivity index is 1.62. The number of nitrogens with zero attached hydrogens (tertiary/aromatic N) is 2. The topological polar surface area (TPSA) is 73.2 Å². The molecule has 0 unspecified atom stereocenters. The summed E-state index contributed by atoms with van der Waals surface area (Å²) in [7, 11) is 0. The molecule has 4 rings (SSSR count). The maximum absolute atomic E-state index is 13.2. The highest BCUT2D eigenvalue weighted by Gasteiger charge is 2.15. The van der Waals surface area contributed by atoms with Crippen molar-refractivity contribution in [1.29, 1.82) is 0 Å². The standard InChI is InChI=1S/C25H23N3O3/c1-16-11-13-19(14-12-16)27-23(29)15-31-22-10-6-8-20-24(22)26-18(3)28(25(20)30)21-9-5-4-7-17(21)2/h4-14H,15H2,1-3H3,(H,27,29). The lowest BCUT2D eigenvalue weighted by Crippen LogP contribution is -2.24. The van der Waals surface area contributed by atoms with Crippen LogP contribution in [0.25, 0.3) is 16.6 Å². The zero-order chi connectivity index (χ0) is 22.0. The molecule has 4 aromatic rings. The van der Waals surface area contributed by atoms with Crippen LogP contribution in [0, 0.1) is 20.8 Å². The first-order chi connectivity index (χ1) is 14.9. The van der Waals surface area contributed by atoms with Gasteiger partial charge in [-0.2, -0.15) is 0 Å². The number of aryl methyl sites for hydroxylation is 3. The third-order valence-corrected chi connectivity index (χ3v) is 5.08. The van der Waals surface area contributed by atoms with E-state index in [-0.39, 0.29) is 18.1 Å². The monoisotopic (exact) mass is 413 g/mol. The first-order valence-electron chi connectivity index (χ1n) is 10.0. The zero-order valence-electron chi connectivity index (χ0n) is 17.7. The molecule has 0 spiro atoms. The average Bonchev–Trinajstić information content (AvgIpc) is 2.75. The van der Waals surface area contributed by atoms with E-state index in [1.807, 2.05) is 62.4 Å². The summed E-state index contributed by atoms with van der Waals surface area (Å²) in [4.78, 5) is 30.2. The minimum atomic E-state index is -0.286. The maximum atomic E-state index is 13.2. The summed E-state index contributed by atoms with van der Waals surface area (Å²) < 4.78 is 7.34. The van der Waals surface area contributed by atoms with E-state index in [0.29, 0.717) is 28.2 Å². The van der Waals surface area contributed by atoms with Gasteiger partial charge in [0.1, 0.15) is 17.1 Å². The molecule has 0 aliphatic carbocycles. The number of amides is 1. The van der Waals surface area contributed by atoms with Gasteiger partial charge in [0.15, 0.2) is 6.61 Å². The summed E-state index contributed by atoms with van der Waals surface area (Å²) in [6.45, 7) is 5.54. The predicted molar refractivity (Wildman–Crippen MR) is 122 cm³/mol. The van der Waals surface area contributed by atoms with Crippen LogP contribution < -0.4 is 15.6 Å². The molecular formula is C25H23N3O3. The van der Waals surface area contributed by atoms with E-state index in [1.54, 1.807) is 29.7 Å². The molecule has 3 aromatic carbocycles. The molecule has 0 saturated carbocycles. The number of ether oxygens (including phenoxy) is 1. The molecule has 156 valence electrons. The van der Waals surface area contributed by atoms with Crippen LogP contribution >= 0.6 is 0 Å². The number of anilines is 1. The van der Waals surface area contributed by atoms with Gasteiger partial charge < -0.3 is 10.1 Å². The second-order valence-electron chi connectivity index (χ2n) is 7.44. The molecule has 1 aromatic heterocycles. The fourth-order valence-corrected chi connectivity index (χ4v) is 3.48. The Labute approximate surface area is 180 Å². The largest absolute Gasteiger partial charge is 0.481 e. The Morgan fingerprint density at radius 1 is 0.968 bits per heavy atom. The second-order valence-corrected chi connectivity index (χ2v) is 7.44. The molecule has 6 heteroatoms. The van der Waals surface area contributed by atoms with Crippen molar-refractivity contribution in [1.82, 2.24) is 9.55 Å². The molecule has 0 atom stereocenters. The van der Waals surface area contributed by atoms with Gasteiger partial charge in [0.05, 0.1) is 11.1 Å². The predicted octanol–water partition coefficient (Wildman–Crippen LogP) is 4.33. The molecule has 0 bridgehead atoms. The number of nitrogens with one attached hydrogen (secondary N) is 1. The van der Waals surface area contributed by atoms with E-state index < -0.39 is 0 Å². The first-order valence-corrected chi connectivity index (χ1v) is 10.0. The molecule has 1 N–H and O–H groups in total. The van der Waals surface area contributed by atoms with E-state index >= 15 is 0 Å². The Kier molecular flexibility index (Phi) is 5.54. The molecule has 0 radical (unpaired) electrons. The summed E-state index contributed by atoms with van der Waals surface area (Å²) in [5.41, 5.74) is 3.86. The number of carbonyl (C=O) groups excluding carboxylic acids is 1. The molecule has 0 aliphatic heterocycles. The van der Waals surface area contributed by atoms with Crippen LogP contribution in [0.5, 0.6) is 5.75 Å². The lowest BCUT2D eigenvalue weighted by molar-refractivity contribution is -0.118. The highest BCUT2D eigenvalue weighted by molar-refractivity contribution is 5.92. The number of rotatable bonds is 5. The number of aromatic nitrogens is 2. The van der Waals surface area contributed by atoms with Crippen LogP contribution in [0.3, 0.4) is 0 Å². The minimum Gasteiger partial charge on any atom is -0.481 e. The average molecular weight is 413 g/mol. The van der Waals surface area contributed by atoms with Gasteiger partial charge in [-0.3, -0.25) is 14.2 Å². The fourth-order valence-electron chi connectivity index (χ4n) is 3.48. The lowest BCUT2D eigenvalue weighted by Gasteiger charge is -2.15. The van der Waals surface area contributed by atoms with Crippen LogP contribution in [0.2, 0.25) is 0 Å². The molecule has 1 amide bonds. The normalized spacial score (nSPS) is 10.8. The van der Waals surface area contributed by atoms with E-state index in [1.165, 1.54) is 0 Å². The van der Waals surface area contributed by atoms with Crippen molar-refractivity contribution in [2.75, 3.05) is 11.9 Å². The number of hydrogen-bond acceptors (Lipinski definition) is 4. The SMILES string of the molecule is Cc1ccc(NC(=O)COc2cccc3c(=O)n(-c4ccccc4C)c(C)nc23)cc1. The maximum Gasteiger partial charge on any atom is 0.266 e. The van der Waals surface area contributed by atoms with E-state index in [0.717, 1.165) is 16.8 Å². The van der Waals surface area contributed by atoms with Gasteiger partial charge in [-0.1, -0.05) is 42.0 Å². The number of carbonyl (C=O) groups is 1. The Morgan fingerprint density at radius 2 is 1.71 bits per heavy atom. The van der Waals surface area contributed by atoms with Crippen molar-refractivity contribution in [3.8, 4) is 11.4 Å². The van der Waals surface area contributed by atoms with Gasteiger partial charge in [-0.05, 0) is 56.7 Å². The second kappa shape index (κ2) is 8.44. The van der Waals surface area contributed by atoms with Gasteiger partial charge >= 0.3 is 0 Å². The minimum absolute atomic E-state index is 0.175. The highest BCUT2D eigenvalue weighted by Crippen LogP contribution is 2.23. The Hall–Kier alpha value is -3.93. The van der Waals surface area contributed by atoms with Crippen LogP contribution in [0.4, 0.5) is 5.69 Å². The Morgan fingerprint density at radius 3 is 2.45 bits per heavy atom. The Bertz CT molecular complexity index is 1320. The molecule has 0 aliphatic rings. The van der Waals surface area contributed by atoms with Gasteiger partial charge in [-0.15, -0.1) is 0 Å². The molecule has 31 heavy (non-hydrogen) atoms. The summed E-state index contributed by atoms with van der Waals surface area (Å²) >= 11 is 0. The number of benzene rings is 3. The number of hydrogen-bond donors (Lipinski definition) is 1. The molecular weight excluding hydrogens is 390 g/mol. The number of para-hydroxylation sites is 2. The lowest BCUT2D eigenvalue weighted by atomic mass is 10.1. The molecule has 0 saturated heterocycles. The number of fused-ring (bicyclic) bond motifs is 1. The van der Waals surface area contributed by atoms with Crippen LogP contribution in [-0.2, 0) is 4.79 Å². The van der Waals surface area contributed by atoms with Crippen molar-refractivity contribution < 1.29 is 9.53 Å². The van der Waals surface area contributed by atoms with Crippen molar-refractivity contribution in [2.24, 2.45) is 0 Å². The van der Waals surface area contributed by atoms with Crippen molar-refractivity contribution >= 4 is 22.5 Å². The fraction of sp³-hybridized carbons (Fsp3) is 0.160. The van der Waals surface area contributed by atoms with Gasteiger partial charge in [0.2, 0.25) is 0 Å². The molecule has 6 nitrogen and oxygen atoms in total. The van der Waals surface area contributed by atoms with E-state index in [9.17, 15) is 9.59 Å². The molecule has 1 heterocycles. The first kappa shape index (κ1) is 20.3. The zero-order valence-corrected chi connectivity index (χ0v) is 17.7. The molecule has 0 fully saturated rings. The van der Waals surface area contributed by atoms with E-state index in [4.69, 9.17) is 4.74 Å². The summed E-state index contributed by atoms with van der Waals surface area (Å²) in [5.74, 6) is 0.659. The summed E-state index contributed by atoms with van der Waals surface area (Å²) in [6, 6.07) is 20.4. The van der Waals surface area contributed by atoms with Gasteiger partial charge in [0, 0.05) is 5.69 Å². The summed E-state index contributed by atoms with van der Waals surface area (Å²) in [5, 5.41) is 3.23. The summed E-state index contributed by atoms with van der Waals surface area (Å²) in [6.07, 6.45) is 0. The van der Waals surface area contributed by atoms with Crippen LogP contribution in [0.1, 0.15) is 17.0 Å². The highest BCUT2D eigenvalue weighted by atomic mass is 16.5. The van der Waals surface area contributed by atoms with Crippen molar-refractivity contribution in [3.63, 3.8) is 0 Å². The van der Waals surface area contributed by atoms with Crippen molar-refractivity contribution in [3.05, 3.63) is 94.0 Å². The smallest absolute Gasteiger partial charge is 0.266 e. The van der Waals surface area contributed by atoms with Crippen molar-refractivity contribution in [2.45, 2.75) is 20.8 Å². The van der Waals surface area contributed by atoms with Crippen LogP contribution in [0.15, 0.2) is 71.5 Å².